The lowest BCUT2D eigenvalue weighted by molar-refractivity contribution is 0.0757. The summed E-state index contributed by atoms with van der Waals surface area (Å²) in [6.07, 6.45) is 1.70. The lowest BCUT2D eigenvalue weighted by Crippen LogP contribution is -2.25. The highest BCUT2D eigenvalue weighted by molar-refractivity contribution is 7.21. The molecule has 0 saturated heterocycles. The quantitative estimate of drug-likeness (QED) is 0.750. The van der Waals surface area contributed by atoms with Gasteiger partial charge in [-0.2, -0.15) is 0 Å². The van der Waals surface area contributed by atoms with Gasteiger partial charge >= 0.3 is 0 Å². The molecule has 0 saturated carbocycles. The van der Waals surface area contributed by atoms with Crippen molar-refractivity contribution >= 4 is 33.1 Å². The van der Waals surface area contributed by atoms with E-state index in [0.717, 1.165) is 10.2 Å². The summed E-state index contributed by atoms with van der Waals surface area (Å²) in [5, 5.41) is 0. The number of benzene rings is 1. The van der Waals surface area contributed by atoms with E-state index >= 15 is 0 Å². The second-order valence-corrected chi connectivity index (χ2v) is 6.18. The minimum absolute atomic E-state index is 0.00769. The monoisotopic (exact) mass is 295 g/mol. The Labute approximate surface area is 125 Å². The molecule has 4 rings (SSSR count). The number of hydrogen-bond acceptors (Lipinski definition) is 4. The predicted molar refractivity (Wildman–Crippen MR) is 84.1 cm³/mol. The Morgan fingerprint density at radius 1 is 1.14 bits per heavy atom. The van der Waals surface area contributed by atoms with Gasteiger partial charge in [0, 0.05) is 19.3 Å². The number of nitrogens with two attached hydrogens (primary N) is 1. The number of pyridine rings is 1. The van der Waals surface area contributed by atoms with E-state index in [1.165, 1.54) is 22.5 Å². The first-order valence-corrected chi connectivity index (χ1v) is 7.55. The number of anilines is 1. The maximum atomic E-state index is 12.7. The van der Waals surface area contributed by atoms with E-state index < -0.39 is 0 Å². The van der Waals surface area contributed by atoms with Crippen LogP contribution in [0.5, 0.6) is 0 Å². The number of aromatic nitrogens is 1. The lowest BCUT2D eigenvalue weighted by atomic mass is 10.1. The van der Waals surface area contributed by atoms with E-state index in [0.29, 0.717) is 23.7 Å². The number of thiophene rings is 1. The van der Waals surface area contributed by atoms with Gasteiger partial charge in [0.15, 0.2) is 0 Å². The summed E-state index contributed by atoms with van der Waals surface area (Å²) in [7, 11) is 0. The van der Waals surface area contributed by atoms with Gasteiger partial charge in [-0.25, -0.2) is 0 Å². The van der Waals surface area contributed by atoms with Crippen LogP contribution < -0.4 is 5.73 Å². The molecule has 1 aromatic carbocycles. The summed E-state index contributed by atoms with van der Waals surface area (Å²) in [6.45, 7) is 1.30. The van der Waals surface area contributed by atoms with Crippen LogP contribution in [0.4, 0.5) is 5.69 Å². The van der Waals surface area contributed by atoms with Gasteiger partial charge in [-0.15, -0.1) is 11.3 Å². The first-order valence-electron chi connectivity index (χ1n) is 6.73. The summed E-state index contributed by atoms with van der Waals surface area (Å²) < 4.78 is 0.954. The molecule has 4 nitrogen and oxygen atoms in total. The molecule has 0 atom stereocenters. The molecule has 0 unspecified atom stereocenters. The molecule has 0 aliphatic carbocycles. The van der Waals surface area contributed by atoms with Crippen LogP contribution in [0.2, 0.25) is 0 Å². The third kappa shape index (κ3) is 1.89. The van der Waals surface area contributed by atoms with Crippen LogP contribution in [0.1, 0.15) is 20.8 Å². The van der Waals surface area contributed by atoms with E-state index in [1.54, 1.807) is 6.20 Å². The molecule has 5 heteroatoms. The van der Waals surface area contributed by atoms with Crippen molar-refractivity contribution in [1.82, 2.24) is 9.88 Å². The summed E-state index contributed by atoms with van der Waals surface area (Å²) in [5.41, 5.74) is 9.76. The molecular weight excluding hydrogens is 282 g/mol. The molecular formula is C16H13N3OS. The first-order chi connectivity index (χ1) is 10.2. The topological polar surface area (TPSA) is 59.2 Å². The minimum atomic E-state index is -0.00769. The van der Waals surface area contributed by atoms with Crippen LogP contribution in [-0.2, 0) is 13.1 Å². The molecule has 104 valence electrons. The number of nitrogens with zero attached hydrogens (tertiary/aromatic N) is 2. The third-order valence-corrected chi connectivity index (χ3v) is 4.95. The molecule has 2 N–H and O–H groups in total. The van der Waals surface area contributed by atoms with Gasteiger partial charge in [0.1, 0.15) is 10.4 Å². The van der Waals surface area contributed by atoms with Gasteiger partial charge in [-0.05, 0) is 23.3 Å². The molecule has 1 aliphatic heterocycles. The van der Waals surface area contributed by atoms with Crippen molar-refractivity contribution in [1.29, 1.82) is 0 Å². The Hall–Kier alpha value is -2.40. The third-order valence-electron chi connectivity index (χ3n) is 3.80. The smallest absolute Gasteiger partial charge is 0.266 e. The zero-order valence-corrected chi connectivity index (χ0v) is 12.1. The highest BCUT2D eigenvalue weighted by atomic mass is 32.1. The maximum absolute atomic E-state index is 12.7. The van der Waals surface area contributed by atoms with Crippen LogP contribution >= 0.6 is 11.3 Å². The van der Waals surface area contributed by atoms with E-state index in [-0.39, 0.29) is 5.91 Å². The number of hydrogen-bond donors (Lipinski definition) is 1. The summed E-state index contributed by atoms with van der Waals surface area (Å²) in [6, 6.07) is 11.9. The molecule has 0 radical (unpaired) electrons. The van der Waals surface area contributed by atoms with Crippen molar-refractivity contribution < 1.29 is 4.79 Å². The fourth-order valence-corrected chi connectivity index (χ4v) is 3.78. The molecule has 0 bridgehead atoms. The number of carbonyl (C=O) groups excluding carboxylic acids is 1. The van der Waals surface area contributed by atoms with Crippen LogP contribution in [0.3, 0.4) is 0 Å². The molecule has 1 aliphatic rings. The SMILES string of the molecule is Nc1c(C(=O)N2Cc3ccccc3C2)sc2cccnc12. The van der Waals surface area contributed by atoms with Crippen molar-refractivity contribution in [2.45, 2.75) is 13.1 Å². The maximum Gasteiger partial charge on any atom is 0.266 e. The van der Waals surface area contributed by atoms with Gasteiger partial charge in [0.2, 0.25) is 0 Å². The van der Waals surface area contributed by atoms with E-state index in [2.05, 4.69) is 17.1 Å². The van der Waals surface area contributed by atoms with Crippen molar-refractivity contribution in [2.75, 3.05) is 5.73 Å². The average molecular weight is 295 g/mol. The average Bonchev–Trinajstić information content (AvgIpc) is 3.08. The number of rotatable bonds is 1. The van der Waals surface area contributed by atoms with Crippen LogP contribution in [0.15, 0.2) is 42.6 Å². The number of amides is 1. The van der Waals surface area contributed by atoms with Crippen molar-refractivity contribution in [2.24, 2.45) is 0 Å². The molecule has 21 heavy (non-hydrogen) atoms. The Balaban J connectivity index is 1.71. The molecule has 1 amide bonds. The van der Waals surface area contributed by atoms with Gasteiger partial charge < -0.3 is 10.6 Å². The van der Waals surface area contributed by atoms with Gasteiger partial charge in [0.25, 0.3) is 5.91 Å². The highest BCUT2D eigenvalue weighted by Gasteiger charge is 2.27. The van der Waals surface area contributed by atoms with E-state index in [1.807, 2.05) is 29.2 Å². The molecule has 0 spiro atoms. The second-order valence-electron chi connectivity index (χ2n) is 5.12. The predicted octanol–water partition coefficient (Wildman–Crippen LogP) is 3.03. The molecule has 2 aromatic heterocycles. The highest BCUT2D eigenvalue weighted by Crippen LogP contribution is 2.34. The van der Waals surface area contributed by atoms with Crippen LogP contribution in [-0.4, -0.2) is 15.8 Å². The molecule has 0 fully saturated rings. The second kappa shape index (κ2) is 4.56. The molecule has 3 heterocycles. The standard InChI is InChI=1S/C16H13N3OS/c17-13-14-12(6-3-7-18-14)21-15(13)16(20)19-8-10-4-1-2-5-11(10)9-19/h1-7H,8-9,17H2. The van der Waals surface area contributed by atoms with Gasteiger partial charge in [-0.3, -0.25) is 9.78 Å². The fraction of sp³-hybridized carbons (Fsp3) is 0.125. The summed E-state index contributed by atoms with van der Waals surface area (Å²) in [4.78, 5) is 19.4. The first kappa shape index (κ1) is 12.3. The lowest BCUT2D eigenvalue weighted by Gasteiger charge is -2.14. The van der Waals surface area contributed by atoms with Crippen molar-refractivity contribution in [3.05, 3.63) is 58.6 Å². The minimum Gasteiger partial charge on any atom is -0.396 e. The van der Waals surface area contributed by atoms with Gasteiger partial charge in [0.05, 0.1) is 10.4 Å². The van der Waals surface area contributed by atoms with Crippen molar-refractivity contribution in [3.63, 3.8) is 0 Å². The van der Waals surface area contributed by atoms with E-state index in [4.69, 9.17) is 5.73 Å². The Kier molecular flexibility index (Phi) is 2.68. The summed E-state index contributed by atoms with van der Waals surface area (Å²) in [5.74, 6) is -0.00769. The number of carbonyl (C=O) groups is 1. The van der Waals surface area contributed by atoms with Crippen molar-refractivity contribution in [3.8, 4) is 0 Å². The Bertz CT molecular complexity index is 831. The largest absolute Gasteiger partial charge is 0.396 e. The van der Waals surface area contributed by atoms with Crippen LogP contribution in [0.25, 0.3) is 10.2 Å². The zero-order valence-electron chi connectivity index (χ0n) is 11.2. The fourth-order valence-electron chi connectivity index (χ4n) is 2.73. The normalized spacial score (nSPS) is 13.6. The zero-order chi connectivity index (χ0) is 14.4. The van der Waals surface area contributed by atoms with E-state index in [9.17, 15) is 4.79 Å². The van der Waals surface area contributed by atoms with Crippen LogP contribution in [0, 0.1) is 0 Å². The number of nitrogen functional groups attached to an aromatic ring is 1. The Morgan fingerprint density at radius 3 is 2.52 bits per heavy atom. The molecule has 3 aromatic rings. The summed E-state index contributed by atoms with van der Waals surface area (Å²) >= 11 is 1.42. The number of fused-ring (bicyclic) bond motifs is 2. The van der Waals surface area contributed by atoms with Gasteiger partial charge in [-0.1, -0.05) is 24.3 Å². The Morgan fingerprint density at radius 2 is 1.86 bits per heavy atom.